The molecule has 1 N–H and O–H groups in total. The summed E-state index contributed by atoms with van der Waals surface area (Å²) in [5.41, 5.74) is 2.50. The van der Waals surface area contributed by atoms with Crippen molar-refractivity contribution in [1.29, 1.82) is 0 Å². The predicted octanol–water partition coefficient (Wildman–Crippen LogP) is 1.05. The number of aromatic amines is 1. The number of hydrogen-bond donors (Lipinski definition) is 1. The summed E-state index contributed by atoms with van der Waals surface area (Å²) in [4.78, 5) is 2.09. The number of hydrogen-bond acceptors (Lipinski definition) is 4. The summed E-state index contributed by atoms with van der Waals surface area (Å²) in [6.45, 7) is 0. The van der Waals surface area contributed by atoms with E-state index in [4.69, 9.17) is 0 Å². The first-order valence-electron chi connectivity index (χ1n) is 5.24. The van der Waals surface area contributed by atoms with Gasteiger partial charge in [-0.3, -0.25) is 0 Å². The minimum Gasteiger partial charge on any atom is -0.378 e. The van der Waals surface area contributed by atoms with Crippen molar-refractivity contribution in [2.24, 2.45) is 0 Å². The minimum atomic E-state index is 0.761. The number of anilines is 1. The van der Waals surface area contributed by atoms with Gasteiger partial charge in [0, 0.05) is 26.2 Å². The Hall–Kier alpha value is -1.91. The van der Waals surface area contributed by atoms with Crippen LogP contribution in [0.3, 0.4) is 0 Å². The Labute approximate surface area is 94.5 Å². The van der Waals surface area contributed by atoms with E-state index in [0.29, 0.717) is 0 Å². The fourth-order valence-corrected chi connectivity index (χ4v) is 1.51. The molecule has 5 heteroatoms. The topological polar surface area (TPSA) is 57.7 Å². The van der Waals surface area contributed by atoms with Gasteiger partial charge >= 0.3 is 0 Å². The van der Waals surface area contributed by atoms with E-state index >= 15 is 0 Å². The molecule has 0 unspecified atom stereocenters. The second kappa shape index (κ2) is 4.74. The maximum atomic E-state index is 3.92. The first-order chi connectivity index (χ1) is 7.75. The van der Waals surface area contributed by atoms with E-state index in [9.17, 15) is 0 Å². The van der Waals surface area contributed by atoms with E-state index in [1.807, 2.05) is 14.1 Å². The molecule has 16 heavy (non-hydrogen) atoms. The molecular weight excluding hydrogens is 202 g/mol. The zero-order valence-corrected chi connectivity index (χ0v) is 9.51. The van der Waals surface area contributed by atoms with Crippen molar-refractivity contribution < 1.29 is 0 Å². The fourth-order valence-electron chi connectivity index (χ4n) is 1.51. The number of tetrazole rings is 1. The van der Waals surface area contributed by atoms with Gasteiger partial charge in [-0.1, -0.05) is 17.3 Å². The van der Waals surface area contributed by atoms with E-state index in [1.54, 1.807) is 0 Å². The molecule has 2 aromatic rings. The van der Waals surface area contributed by atoms with Gasteiger partial charge in [0.25, 0.3) is 0 Å². The van der Waals surface area contributed by atoms with E-state index in [-0.39, 0.29) is 0 Å². The highest BCUT2D eigenvalue weighted by atomic mass is 15.5. The minimum absolute atomic E-state index is 0.761. The first kappa shape index (κ1) is 10.6. The highest BCUT2D eigenvalue weighted by molar-refractivity contribution is 5.46. The molecule has 0 atom stereocenters. The lowest BCUT2D eigenvalue weighted by molar-refractivity contribution is 0.864. The average molecular weight is 217 g/mol. The van der Waals surface area contributed by atoms with Gasteiger partial charge in [-0.2, -0.15) is 5.21 Å². The molecule has 0 aliphatic rings. The van der Waals surface area contributed by atoms with Crippen molar-refractivity contribution in [1.82, 2.24) is 20.6 Å². The van der Waals surface area contributed by atoms with Crippen LogP contribution < -0.4 is 4.90 Å². The van der Waals surface area contributed by atoms with Crippen LogP contribution in [0, 0.1) is 0 Å². The van der Waals surface area contributed by atoms with Crippen molar-refractivity contribution in [3.63, 3.8) is 0 Å². The lowest BCUT2D eigenvalue weighted by Gasteiger charge is -2.12. The van der Waals surface area contributed by atoms with E-state index in [1.165, 1.54) is 11.3 Å². The number of nitrogens with one attached hydrogen (secondary N) is 1. The Balaban J connectivity index is 1.95. The summed E-state index contributed by atoms with van der Waals surface area (Å²) in [6.07, 6.45) is 1.76. The zero-order chi connectivity index (χ0) is 11.4. The van der Waals surface area contributed by atoms with Gasteiger partial charge in [0.05, 0.1) is 0 Å². The Morgan fingerprint density at radius 3 is 2.44 bits per heavy atom. The molecule has 0 radical (unpaired) electrons. The molecule has 0 amide bonds. The third-order valence-corrected chi connectivity index (χ3v) is 2.48. The molecule has 1 heterocycles. The standard InChI is InChI=1S/C11H15N5/c1-16(2)10-6-3-9(4-7-10)5-8-11-12-14-15-13-11/h3-4,6-7H,5,8H2,1-2H3,(H,12,13,14,15). The summed E-state index contributed by atoms with van der Waals surface area (Å²) in [5, 5.41) is 13.8. The average Bonchev–Trinajstić information content (AvgIpc) is 2.80. The van der Waals surface area contributed by atoms with Gasteiger partial charge in [0.1, 0.15) is 0 Å². The molecule has 0 aliphatic heterocycles. The van der Waals surface area contributed by atoms with Crippen LogP contribution in [0.2, 0.25) is 0 Å². The summed E-state index contributed by atoms with van der Waals surface area (Å²) >= 11 is 0. The summed E-state index contributed by atoms with van der Waals surface area (Å²) in [7, 11) is 4.07. The van der Waals surface area contributed by atoms with Crippen LogP contribution in [0.1, 0.15) is 11.4 Å². The number of nitrogens with zero attached hydrogens (tertiary/aromatic N) is 4. The maximum Gasteiger partial charge on any atom is 0.174 e. The van der Waals surface area contributed by atoms with Crippen molar-refractivity contribution in [3.05, 3.63) is 35.7 Å². The largest absolute Gasteiger partial charge is 0.378 e. The summed E-state index contributed by atoms with van der Waals surface area (Å²) in [6, 6.07) is 8.50. The second-order valence-corrected chi connectivity index (χ2v) is 3.89. The Morgan fingerprint density at radius 2 is 1.88 bits per heavy atom. The van der Waals surface area contributed by atoms with Crippen molar-refractivity contribution in [2.45, 2.75) is 12.8 Å². The third-order valence-electron chi connectivity index (χ3n) is 2.48. The number of aryl methyl sites for hydroxylation is 2. The molecule has 0 spiro atoms. The van der Waals surface area contributed by atoms with Crippen LogP contribution in [0.4, 0.5) is 5.69 Å². The number of aromatic nitrogens is 4. The molecule has 0 saturated heterocycles. The molecule has 0 bridgehead atoms. The first-order valence-corrected chi connectivity index (χ1v) is 5.24. The smallest absolute Gasteiger partial charge is 0.174 e. The summed E-state index contributed by atoms with van der Waals surface area (Å²) in [5.74, 6) is 0.761. The molecule has 84 valence electrons. The third kappa shape index (κ3) is 2.56. The van der Waals surface area contributed by atoms with E-state index in [2.05, 4.69) is 49.8 Å². The zero-order valence-electron chi connectivity index (χ0n) is 9.51. The number of rotatable bonds is 4. The molecule has 0 saturated carbocycles. The van der Waals surface area contributed by atoms with Crippen LogP contribution >= 0.6 is 0 Å². The molecule has 0 fully saturated rings. The fraction of sp³-hybridized carbons (Fsp3) is 0.364. The van der Waals surface area contributed by atoms with Crippen LogP contribution in [-0.2, 0) is 12.8 Å². The Bertz CT molecular complexity index is 418. The van der Waals surface area contributed by atoms with Crippen molar-refractivity contribution in [3.8, 4) is 0 Å². The predicted molar refractivity (Wildman–Crippen MR) is 62.4 cm³/mol. The number of H-pyrrole nitrogens is 1. The van der Waals surface area contributed by atoms with E-state index < -0.39 is 0 Å². The van der Waals surface area contributed by atoms with Gasteiger partial charge in [-0.25, -0.2) is 0 Å². The maximum absolute atomic E-state index is 3.92. The SMILES string of the molecule is CN(C)c1ccc(CCc2nn[nH]n2)cc1. The van der Waals surface area contributed by atoms with Crippen LogP contribution in [0.25, 0.3) is 0 Å². The van der Waals surface area contributed by atoms with E-state index in [0.717, 1.165) is 18.7 Å². The van der Waals surface area contributed by atoms with Crippen LogP contribution in [0.5, 0.6) is 0 Å². The lowest BCUT2D eigenvalue weighted by atomic mass is 10.1. The highest BCUT2D eigenvalue weighted by Crippen LogP contribution is 2.13. The molecule has 1 aromatic heterocycles. The summed E-state index contributed by atoms with van der Waals surface area (Å²) < 4.78 is 0. The molecular formula is C11H15N5. The molecule has 5 nitrogen and oxygen atoms in total. The van der Waals surface area contributed by atoms with Crippen LogP contribution in [-0.4, -0.2) is 34.7 Å². The highest BCUT2D eigenvalue weighted by Gasteiger charge is 2.00. The molecule has 2 rings (SSSR count). The molecule has 0 aliphatic carbocycles. The second-order valence-electron chi connectivity index (χ2n) is 3.89. The van der Waals surface area contributed by atoms with Gasteiger partial charge in [-0.05, 0) is 24.1 Å². The van der Waals surface area contributed by atoms with Gasteiger partial charge in [-0.15, -0.1) is 10.2 Å². The van der Waals surface area contributed by atoms with Crippen LogP contribution in [0.15, 0.2) is 24.3 Å². The van der Waals surface area contributed by atoms with Crippen molar-refractivity contribution in [2.75, 3.05) is 19.0 Å². The molecule has 1 aromatic carbocycles. The Kier molecular flexibility index (Phi) is 3.14. The van der Waals surface area contributed by atoms with Gasteiger partial charge in [0.2, 0.25) is 0 Å². The normalized spacial score (nSPS) is 10.4. The number of benzene rings is 1. The monoisotopic (exact) mass is 217 g/mol. The Morgan fingerprint density at radius 1 is 1.12 bits per heavy atom. The van der Waals surface area contributed by atoms with Gasteiger partial charge in [0.15, 0.2) is 5.82 Å². The lowest BCUT2D eigenvalue weighted by Crippen LogP contribution is -2.08. The van der Waals surface area contributed by atoms with Gasteiger partial charge < -0.3 is 4.90 Å². The van der Waals surface area contributed by atoms with Crippen molar-refractivity contribution >= 4 is 5.69 Å². The quantitative estimate of drug-likeness (QED) is 0.831.